The van der Waals surface area contributed by atoms with Crippen LogP contribution in [0.1, 0.15) is 61.1 Å². The Hall–Kier alpha value is -2.64. The van der Waals surface area contributed by atoms with Crippen LogP contribution in [0, 0.1) is 41.5 Å². The minimum atomic E-state index is -2.53. The fourth-order valence-electron chi connectivity index (χ4n) is 6.46. The second-order valence-corrected chi connectivity index (χ2v) is 14.7. The third-order valence-corrected chi connectivity index (χ3v) is 14.1. The van der Waals surface area contributed by atoms with Gasteiger partial charge in [-0.15, -0.1) is 0 Å². The van der Waals surface area contributed by atoms with Gasteiger partial charge >= 0.3 is 0 Å². The zero-order valence-corrected chi connectivity index (χ0v) is 23.8. The van der Waals surface area contributed by atoms with Crippen molar-refractivity contribution >= 4 is 23.6 Å². The standard InChI is InChI=1S/C33H40Si/c1-20-11-13-24(5)31(18-20)34(30-16-22(3)15-23(4)17-30,32-19-21(2)12-14-25(32)6)33-28(9)26(7)27(8)29(33)10/h11-19,33H,1-10H3. The molecule has 0 amide bonds. The van der Waals surface area contributed by atoms with Crippen molar-refractivity contribution in [1.29, 1.82) is 0 Å². The van der Waals surface area contributed by atoms with Crippen LogP contribution >= 0.6 is 0 Å². The molecule has 1 aliphatic rings. The van der Waals surface area contributed by atoms with Gasteiger partial charge in [-0.05, 0) is 95.9 Å². The molecule has 0 fully saturated rings. The van der Waals surface area contributed by atoms with E-state index in [0.717, 1.165) is 0 Å². The molecule has 0 heterocycles. The molecule has 0 aliphatic heterocycles. The molecule has 0 atom stereocenters. The summed E-state index contributed by atoms with van der Waals surface area (Å²) in [6.45, 7) is 23.2. The van der Waals surface area contributed by atoms with Gasteiger partial charge in [0.1, 0.15) is 0 Å². The number of hydrogen-bond donors (Lipinski definition) is 0. The van der Waals surface area contributed by atoms with Gasteiger partial charge in [-0.2, -0.15) is 0 Å². The Morgan fingerprint density at radius 3 is 1.29 bits per heavy atom. The van der Waals surface area contributed by atoms with Gasteiger partial charge in [0.05, 0.1) is 0 Å². The van der Waals surface area contributed by atoms with Gasteiger partial charge in [0.25, 0.3) is 0 Å². The Morgan fingerprint density at radius 2 is 0.882 bits per heavy atom. The Labute approximate surface area is 208 Å². The smallest absolute Gasteiger partial charge is 0.0647 e. The summed E-state index contributed by atoms with van der Waals surface area (Å²) in [4.78, 5) is 0. The first-order valence-corrected chi connectivity index (χ1v) is 14.7. The number of aryl methyl sites for hydroxylation is 6. The molecular weight excluding hydrogens is 424 g/mol. The molecule has 176 valence electrons. The van der Waals surface area contributed by atoms with Crippen molar-refractivity contribution < 1.29 is 0 Å². The third kappa shape index (κ3) is 3.75. The molecule has 0 saturated carbocycles. The largest absolute Gasteiger partial charge is 0.159 e. The molecular formula is C33H40Si. The normalized spacial score (nSPS) is 15.0. The second-order valence-electron chi connectivity index (χ2n) is 10.9. The molecule has 0 radical (unpaired) electrons. The van der Waals surface area contributed by atoms with Crippen LogP contribution < -0.4 is 15.6 Å². The van der Waals surface area contributed by atoms with Gasteiger partial charge < -0.3 is 0 Å². The first-order chi connectivity index (χ1) is 16.0. The lowest BCUT2D eigenvalue weighted by Crippen LogP contribution is -2.71. The van der Waals surface area contributed by atoms with Crippen LogP contribution in [0.25, 0.3) is 0 Å². The van der Waals surface area contributed by atoms with E-state index in [1.165, 1.54) is 44.5 Å². The monoisotopic (exact) mass is 464 g/mol. The van der Waals surface area contributed by atoms with Crippen molar-refractivity contribution in [3.8, 4) is 0 Å². The van der Waals surface area contributed by atoms with E-state index in [2.05, 4.69) is 124 Å². The molecule has 0 nitrogen and oxygen atoms in total. The lowest BCUT2D eigenvalue weighted by molar-refractivity contribution is 1.09. The highest BCUT2D eigenvalue weighted by molar-refractivity contribution is 7.13. The summed E-state index contributed by atoms with van der Waals surface area (Å²) >= 11 is 0. The van der Waals surface area contributed by atoms with E-state index in [1.807, 2.05) is 0 Å². The molecule has 0 saturated heterocycles. The van der Waals surface area contributed by atoms with Crippen LogP contribution in [0.15, 0.2) is 76.9 Å². The molecule has 34 heavy (non-hydrogen) atoms. The van der Waals surface area contributed by atoms with E-state index < -0.39 is 8.07 Å². The Kier molecular flexibility index (Phi) is 6.38. The van der Waals surface area contributed by atoms with Crippen molar-refractivity contribution in [2.45, 2.75) is 74.8 Å². The van der Waals surface area contributed by atoms with Crippen molar-refractivity contribution in [3.63, 3.8) is 0 Å². The second kappa shape index (κ2) is 8.85. The molecule has 3 aromatic rings. The van der Waals surface area contributed by atoms with Crippen LogP contribution in [-0.4, -0.2) is 8.07 Å². The van der Waals surface area contributed by atoms with Gasteiger partial charge in [-0.3, -0.25) is 0 Å². The lowest BCUT2D eigenvalue weighted by atomic mass is 10.1. The van der Waals surface area contributed by atoms with E-state index in [0.29, 0.717) is 5.54 Å². The first-order valence-electron chi connectivity index (χ1n) is 12.6. The maximum atomic E-state index is 2.52. The van der Waals surface area contributed by atoms with Crippen molar-refractivity contribution in [1.82, 2.24) is 0 Å². The van der Waals surface area contributed by atoms with E-state index >= 15 is 0 Å². The van der Waals surface area contributed by atoms with E-state index in [9.17, 15) is 0 Å². The molecule has 0 bridgehead atoms. The van der Waals surface area contributed by atoms with E-state index in [1.54, 1.807) is 26.7 Å². The van der Waals surface area contributed by atoms with Crippen molar-refractivity contribution in [2.24, 2.45) is 0 Å². The highest BCUT2D eigenvalue weighted by Gasteiger charge is 2.51. The summed E-state index contributed by atoms with van der Waals surface area (Å²) in [6.07, 6.45) is 0. The van der Waals surface area contributed by atoms with Crippen LogP contribution in [-0.2, 0) is 0 Å². The zero-order chi connectivity index (χ0) is 24.9. The zero-order valence-electron chi connectivity index (χ0n) is 22.8. The average molecular weight is 465 g/mol. The summed E-state index contributed by atoms with van der Waals surface area (Å²) in [5.74, 6) is 0. The van der Waals surface area contributed by atoms with Crippen LogP contribution in [0.4, 0.5) is 0 Å². The van der Waals surface area contributed by atoms with E-state index in [4.69, 9.17) is 0 Å². The number of benzene rings is 3. The van der Waals surface area contributed by atoms with E-state index in [-0.39, 0.29) is 0 Å². The van der Waals surface area contributed by atoms with Gasteiger partial charge in [0.15, 0.2) is 8.07 Å². The molecule has 3 aromatic carbocycles. The molecule has 0 unspecified atom stereocenters. The summed E-state index contributed by atoms with van der Waals surface area (Å²) in [7, 11) is -2.53. The van der Waals surface area contributed by atoms with Crippen LogP contribution in [0.3, 0.4) is 0 Å². The fourth-order valence-corrected chi connectivity index (χ4v) is 13.3. The summed E-state index contributed by atoms with van der Waals surface area (Å²) in [5, 5.41) is 4.67. The molecule has 0 spiro atoms. The molecule has 0 aromatic heterocycles. The predicted molar refractivity (Wildman–Crippen MR) is 153 cm³/mol. The Balaban J connectivity index is 2.31. The molecule has 1 heteroatoms. The maximum absolute atomic E-state index is 2.53. The summed E-state index contributed by atoms with van der Waals surface area (Å²) < 4.78 is 0. The first kappa shape index (κ1) is 24.5. The van der Waals surface area contributed by atoms with Crippen LogP contribution in [0.2, 0.25) is 5.54 Å². The number of hydrogen-bond acceptors (Lipinski definition) is 0. The summed E-state index contributed by atoms with van der Waals surface area (Å²) in [5.41, 5.74) is 14.7. The SMILES string of the molecule is CC1=C(C)C([Si](c2cc(C)cc(C)c2)(c2cc(C)ccc2C)c2cc(C)ccc2C)C(C)=C1C. The predicted octanol–water partition coefficient (Wildman–Crippen LogP) is 7.06. The highest BCUT2D eigenvalue weighted by atomic mass is 28.3. The quantitative estimate of drug-likeness (QED) is 0.286. The van der Waals surface area contributed by atoms with Gasteiger partial charge in [0.2, 0.25) is 0 Å². The van der Waals surface area contributed by atoms with Crippen molar-refractivity contribution in [2.75, 3.05) is 0 Å². The molecule has 4 rings (SSSR count). The summed E-state index contributed by atoms with van der Waals surface area (Å²) in [6, 6.07) is 21.6. The lowest BCUT2D eigenvalue weighted by Gasteiger charge is -2.43. The minimum absolute atomic E-state index is 0.412. The third-order valence-electron chi connectivity index (χ3n) is 8.36. The fraction of sp³-hybridized carbons (Fsp3) is 0.333. The Morgan fingerprint density at radius 1 is 0.471 bits per heavy atom. The van der Waals surface area contributed by atoms with Gasteiger partial charge in [0, 0.05) is 5.54 Å². The Bertz CT molecular complexity index is 1250. The van der Waals surface area contributed by atoms with Crippen molar-refractivity contribution in [3.05, 3.63) is 110 Å². The average Bonchev–Trinajstić information content (AvgIpc) is 2.96. The highest BCUT2D eigenvalue weighted by Crippen LogP contribution is 2.47. The van der Waals surface area contributed by atoms with Gasteiger partial charge in [-0.25, -0.2) is 0 Å². The van der Waals surface area contributed by atoms with Crippen LogP contribution in [0.5, 0.6) is 0 Å². The number of allylic oxidation sites excluding steroid dienone is 4. The minimum Gasteiger partial charge on any atom is -0.0647 e. The topological polar surface area (TPSA) is 0 Å². The maximum Gasteiger partial charge on any atom is 0.159 e. The molecule has 1 aliphatic carbocycles. The number of rotatable bonds is 4. The van der Waals surface area contributed by atoms with Gasteiger partial charge in [-0.1, -0.05) is 99.1 Å². The molecule has 0 N–H and O–H groups in total.